The largest absolute Gasteiger partial charge is 0.330 e. The Morgan fingerprint density at radius 2 is 2.05 bits per heavy atom. The molecule has 3 nitrogen and oxygen atoms in total. The highest BCUT2D eigenvalue weighted by molar-refractivity contribution is 6.30. The van der Waals surface area contributed by atoms with E-state index in [9.17, 15) is 4.79 Å². The molecule has 1 aromatic rings. The number of carbonyl (C=O) groups excluding carboxylic acids is 1. The maximum Gasteiger partial charge on any atom is 0.254 e. The molecule has 4 heteroatoms. The van der Waals surface area contributed by atoms with Crippen molar-refractivity contribution in [1.82, 2.24) is 4.90 Å². The Labute approximate surface area is 138 Å². The van der Waals surface area contributed by atoms with Crippen molar-refractivity contribution in [2.75, 3.05) is 26.2 Å². The minimum atomic E-state index is 0.124. The lowest BCUT2D eigenvalue weighted by Crippen LogP contribution is -3.18. The maximum absolute atomic E-state index is 12.5. The second-order valence-corrected chi connectivity index (χ2v) is 7.37. The molecule has 1 saturated heterocycles. The van der Waals surface area contributed by atoms with Crippen molar-refractivity contribution in [3.63, 3.8) is 0 Å². The van der Waals surface area contributed by atoms with Gasteiger partial charge in [-0.25, -0.2) is 0 Å². The summed E-state index contributed by atoms with van der Waals surface area (Å²) in [6, 6.07) is 8.10. The summed E-state index contributed by atoms with van der Waals surface area (Å²) in [5.74, 6) is 0.996. The standard InChI is InChI=1S/C18H25ClN2O/c1-14-4-2-7-17(12-14)20-8-10-21(11-9-20)18(22)15-5-3-6-16(19)13-15/h3,5-6,13-14,17H,2,4,7-12H2,1H3/p+1/t14-,17+/m1/s1. The van der Waals surface area contributed by atoms with E-state index in [4.69, 9.17) is 11.6 Å². The van der Waals surface area contributed by atoms with Crippen LogP contribution in [0.1, 0.15) is 43.0 Å². The average Bonchev–Trinajstić information content (AvgIpc) is 2.54. The molecule has 0 bridgehead atoms. The minimum absolute atomic E-state index is 0.124. The zero-order chi connectivity index (χ0) is 15.5. The molecule has 1 amide bonds. The normalized spacial score (nSPS) is 26.9. The first-order valence-corrected chi connectivity index (χ1v) is 8.90. The molecule has 0 spiro atoms. The molecule has 1 aliphatic carbocycles. The van der Waals surface area contributed by atoms with E-state index in [2.05, 4.69) is 6.92 Å². The van der Waals surface area contributed by atoms with Crippen LogP contribution < -0.4 is 4.90 Å². The fourth-order valence-electron chi connectivity index (χ4n) is 4.01. The number of halogens is 1. The zero-order valence-electron chi connectivity index (χ0n) is 13.4. The molecular formula is C18H26ClN2O+. The van der Waals surface area contributed by atoms with Crippen LogP contribution in [-0.4, -0.2) is 43.0 Å². The molecule has 0 unspecified atom stereocenters. The molecule has 1 saturated carbocycles. The SMILES string of the molecule is C[C@@H]1CCC[C@H]([NH+]2CCN(C(=O)c3cccc(Cl)c3)CC2)C1. The second kappa shape index (κ2) is 7.01. The third-order valence-corrected chi connectivity index (χ3v) is 5.51. The van der Waals surface area contributed by atoms with Gasteiger partial charge in [-0.05, 0) is 37.0 Å². The Hall–Kier alpha value is -1.06. The topological polar surface area (TPSA) is 24.8 Å². The summed E-state index contributed by atoms with van der Waals surface area (Å²) >= 11 is 5.99. The third kappa shape index (κ3) is 3.64. The van der Waals surface area contributed by atoms with Crippen molar-refractivity contribution in [3.05, 3.63) is 34.9 Å². The monoisotopic (exact) mass is 321 g/mol. The van der Waals surface area contributed by atoms with Gasteiger partial charge in [0.1, 0.15) is 0 Å². The molecule has 0 aromatic heterocycles. The molecule has 3 rings (SSSR count). The molecule has 1 aromatic carbocycles. The molecule has 2 fully saturated rings. The summed E-state index contributed by atoms with van der Waals surface area (Å²) in [7, 11) is 0. The summed E-state index contributed by atoms with van der Waals surface area (Å²) in [6.45, 7) is 6.29. The van der Waals surface area contributed by atoms with Crippen LogP contribution >= 0.6 is 11.6 Å². The van der Waals surface area contributed by atoms with E-state index in [1.807, 2.05) is 23.1 Å². The van der Waals surface area contributed by atoms with Gasteiger partial charge in [0.05, 0.1) is 32.2 Å². The summed E-state index contributed by atoms with van der Waals surface area (Å²) in [4.78, 5) is 16.2. The van der Waals surface area contributed by atoms with Crippen LogP contribution in [0.3, 0.4) is 0 Å². The van der Waals surface area contributed by atoms with Gasteiger partial charge in [-0.1, -0.05) is 31.0 Å². The van der Waals surface area contributed by atoms with Gasteiger partial charge in [0.2, 0.25) is 0 Å². The van der Waals surface area contributed by atoms with Crippen molar-refractivity contribution in [2.24, 2.45) is 5.92 Å². The number of carbonyl (C=O) groups is 1. The molecule has 0 radical (unpaired) electrons. The van der Waals surface area contributed by atoms with E-state index in [1.165, 1.54) is 25.7 Å². The Morgan fingerprint density at radius 1 is 1.27 bits per heavy atom. The number of piperazine rings is 1. The fraction of sp³-hybridized carbons (Fsp3) is 0.611. The Balaban J connectivity index is 1.56. The summed E-state index contributed by atoms with van der Waals surface area (Å²) in [5, 5.41) is 0.631. The number of rotatable bonds is 2. The number of benzene rings is 1. The van der Waals surface area contributed by atoms with Gasteiger partial charge in [0.15, 0.2) is 0 Å². The minimum Gasteiger partial charge on any atom is -0.330 e. The first-order valence-electron chi connectivity index (χ1n) is 8.53. The lowest BCUT2D eigenvalue weighted by molar-refractivity contribution is -0.930. The number of hydrogen-bond acceptors (Lipinski definition) is 1. The van der Waals surface area contributed by atoms with E-state index in [1.54, 1.807) is 11.0 Å². The average molecular weight is 322 g/mol. The molecule has 1 N–H and O–H groups in total. The van der Waals surface area contributed by atoms with Gasteiger partial charge >= 0.3 is 0 Å². The second-order valence-electron chi connectivity index (χ2n) is 6.93. The Bertz CT molecular complexity index is 526. The summed E-state index contributed by atoms with van der Waals surface area (Å²) < 4.78 is 0. The van der Waals surface area contributed by atoms with Crippen LogP contribution in [0.15, 0.2) is 24.3 Å². The van der Waals surface area contributed by atoms with Crippen LogP contribution in [0.4, 0.5) is 0 Å². The summed E-state index contributed by atoms with van der Waals surface area (Å²) in [5.41, 5.74) is 0.710. The van der Waals surface area contributed by atoms with E-state index in [-0.39, 0.29) is 5.91 Å². The molecule has 2 aliphatic rings. The lowest BCUT2D eigenvalue weighted by atomic mass is 9.86. The molecule has 1 aliphatic heterocycles. The maximum atomic E-state index is 12.5. The van der Waals surface area contributed by atoms with E-state index in [0.29, 0.717) is 10.6 Å². The first kappa shape index (κ1) is 15.8. The molecule has 120 valence electrons. The first-order chi connectivity index (χ1) is 10.6. The predicted octanol–water partition coefficient (Wildman–Crippen LogP) is 2.26. The van der Waals surface area contributed by atoms with E-state index >= 15 is 0 Å². The number of hydrogen-bond donors (Lipinski definition) is 1. The van der Waals surface area contributed by atoms with Crippen LogP contribution in [0, 0.1) is 5.92 Å². The van der Waals surface area contributed by atoms with Crippen molar-refractivity contribution >= 4 is 17.5 Å². The Morgan fingerprint density at radius 3 is 2.73 bits per heavy atom. The highest BCUT2D eigenvalue weighted by atomic mass is 35.5. The number of nitrogens with zero attached hydrogens (tertiary/aromatic N) is 1. The smallest absolute Gasteiger partial charge is 0.254 e. The van der Waals surface area contributed by atoms with Crippen LogP contribution in [0.25, 0.3) is 0 Å². The zero-order valence-corrected chi connectivity index (χ0v) is 14.1. The molecular weight excluding hydrogens is 296 g/mol. The van der Waals surface area contributed by atoms with Crippen molar-refractivity contribution in [3.8, 4) is 0 Å². The number of quaternary nitrogens is 1. The van der Waals surface area contributed by atoms with Gasteiger partial charge in [-0.3, -0.25) is 4.79 Å². The van der Waals surface area contributed by atoms with E-state index in [0.717, 1.165) is 38.1 Å². The third-order valence-electron chi connectivity index (χ3n) is 5.28. The Kier molecular flexibility index (Phi) is 5.04. The number of nitrogens with one attached hydrogen (secondary N) is 1. The van der Waals surface area contributed by atoms with Gasteiger partial charge in [-0.15, -0.1) is 0 Å². The van der Waals surface area contributed by atoms with E-state index < -0.39 is 0 Å². The molecule has 22 heavy (non-hydrogen) atoms. The van der Waals surface area contributed by atoms with Crippen LogP contribution in [-0.2, 0) is 0 Å². The molecule has 1 heterocycles. The lowest BCUT2D eigenvalue weighted by Gasteiger charge is -2.39. The van der Waals surface area contributed by atoms with Gasteiger partial charge in [-0.2, -0.15) is 0 Å². The van der Waals surface area contributed by atoms with Crippen LogP contribution in [0.5, 0.6) is 0 Å². The van der Waals surface area contributed by atoms with Crippen LogP contribution in [0.2, 0.25) is 5.02 Å². The molecule has 2 atom stereocenters. The quantitative estimate of drug-likeness (QED) is 0.888. The van der Waals surface area contributed by atoms with Crippen molar-refractivity contribution in [2.45, 2.75) is 38.6 Å². The summed E-state index contributed by atoms with van der Waals surface area (Å²) in [6.07, 6.45) is 5.49. The van der Waals surface area contributed by atoms with Gasteiger partial charge in [0, 0.05) is 17.0 Å². The van der Waals surface area contributed by atoms with Crippen molar-refractivity contribution < 1.29 is 9.69 Å². The van der Waals surface area contributed by atoms with Gasteiger partial charge in [0.25, 0.3) is 5.91 Å². The fourth-order valence-corrected chi connectivity index (χ4v) is 4.20. The number of amides is 1. The van der Waals surface area contributed by atoms with Gasteiger partial charge < -0.3 is 9.80 Å². The predicted molar refractivity (Wildman–Crippen MR) is 89.5 cm³/mol. The highest BCUT2D eigenvalue weighted by Crippen LogP contribution is 2.22. The van der Waals surface area contributed by atoms with Crippen molar-refractivity contribution in [1.29, 1.82) is 0 Å². The highest BCUT2D eigenvalue weighted by Gasteiger charge is 2.32.